The van der Waals surface area contributed by atoms with E-state index in [0.29, 0.717) is 12.1 Å². The first-order chi connectivity index (χ1) is 7.27. The van der Waals surface area contributed by atoms with Crippen molar-refractivity contribution < 1.29 is 4.74 Å². The van der Waals surface area contributed by atoms with Crippen LogP contribution in [0.2, 0.25) is 0 Å². The summed E-state index contributed by atoms with van der Waals surface area (Å²) in [5, 5.41) is 3.52. The summed E-state index contributed by atoms with van der Waals surface area (Å²) in [5.41, 5.74) is 0. The maximum Gasteiger partial charge on any atom is 0.0674 e. The number of ether oxygens (including phenoxy) is 1. The van der Waals surface area contributed by atoms with Gasteiger partial charge in [-0.3, -0.25) is 4.90 Å². The summed E-state index contributed by atoms with van der Waals surface area (Å²) >= 11 is 0. The monoisotopic (exact) mass is 214 g/mol. The van der Waals surface area contributed by atoms with Gasteiger partial charge in [0, 0.05) is 25.7 Å². The Morgan fingerprint density at radius 2 is 2.27 bits per heavy atom. The Morgan fingerprint density at radius 1 is 1.47 bits per heavy atom. The number of hydrogen-bond acceptors (Lipinski definition) is 3. The molecule has 3 nitrogen and oxygen atoms in total. The maximum absolute atomic E-state index is 5.57. The molecule has 1 fully saturated rings. The third-order valence-electron chi connectivity index (χ3n) is 3.07. The first kappa shape index (κ1) is 12.9. The lowest BCUT2D eigenvalue weighted by atomic mass is 10.1. The molecule has 2 unspecified atom stereocenters. The predicted molar refractivity (Wildman–Crippen MR) is 64.2 cm³/mol. The van der Waals surface area contributed by atoms with Gasteiger partial charge in [-0.05, 0) is 26.3 Å². The molecule has 0 spiro atoms. The SMILES string of the molecule is CCCNCC(CC)N1CCOC(C)C1. The van der Waals surface area contributed by atoms with Crippen LogP contribution >= 0.6 is 0 Å². The van der Waals surface area contributed by atoms with E-state index in [1.54, 1.807) is 0 Å². The van der Waals surface area contributed by atoms with E-state index in [-0.39, 0.29) is 0 Å². The van der Waals surface area contributed by atoms with Gasteiger partial charge >= 0.3 is 0 Å². The lowest BCUT2D eigenvalue weighted by Crippen LogP contribution is -2.50. The van der Waals surface area contributed by atoms with Crippen LogP contribution in [-0.4, -0.2) is 49.8 Å². The first-order valence-corrected chi connectivity index (χ1v) is 6.34. The highest BCUT2D eigenvalue weighted by molar-refractivity contribution is 4.77. The number of morpholine rings is 1. The minimum Gasteiger partial charge on any atom is -0.376 e. The summed E-state index contributed by atoms with van der Waals surface area (Å²) in [7, 11) is 0. The minimum atomic E-state index is 0.402. The topological polar surface area (TPSA) is 24.5 Å². The van der Waals surface area contributed by atoms with Crippen molar-refractivity contribution in [2.24, 2.45) is 0 Å². The maximum atomic E-state index is 5.57. The molecule has 0 bridgehead atoms. The smallest absolute Gasteiger partial charge is 0.0674 e. The van der Waals surface area contributed by atoms with E-state index < -0.39 is 0 Å². The Labute approximate surface area is 94.2 Å². The summed E-state index contributed by atoms with van der Waals surface area (Å²) in [5.74, 6) is 0. The fourth-order valence-electron chi connectivity index (χ4n) is 2.15. The van der Waals surface area contributed by atoms with E-state index in [4.69, 9.17) is 4.74 Å². The molecule has 0 saturated carbocycles. The molecule has 0 aromatic carbocycles. The number of hydrogen-bond donors (Lipinski definition) is 1. The fourth-order valence-corrected chi connectivity index (χ4v) is 2.15. The molecule has 2 atom stereocenters. The van der Waals surface area contributed by atoms with Crippen molar-refractivity contribution in [2.45, 2.75) is 45.8 Å². The molecular formula is C12H26N2O. The normalized spacial score (nSPS) is 25.4. The molecule has 1 aliphatic heterocycles. The van der Waals surface area contributed by atoms with Crippen molar-refractivity contribution in [1.29, 1.82) is 0 Å². The Bertz CT molecular complexity index is 164. The molecule has 3 heteroatoms. The van der Waals surface area contributed by atoms with Gasteiger partial charge in [0.05, 0.1) is 12.7 Å². The highest BCUT2D eigenvalue weighted by atomic mass is 16.5. The van der Waals surface area contributed by atoms with Crippen LogP contribution in [-0.2, 0) is 4.74 Å². The standard InChI is InChI=1S/C12H26N2O/c1-4-6-13-9-12(5-2)14-7-8-15-11(3)10-14/h11-13H,4-10H2,1-3H3. The van der Waals surface area contributed by atoms with Crippen LogP contribution in [0.3, 0.4) is 0 Å². The molecule has 0 aromatic heterocycles. The summed E-state index contributed by atoms with van der Waals surface area (Å²) in [6, 6.07) is 0.683. The molecule has 0 aliphatic carbocycles. The van der Waals surface area contributed by atoms with Crippen LogP contribution in [0.25, 0.3) is 0 Å². The Hall–Kier alpha value is -0.120. The van der Waals surface area contributed by atoms with E-state index >= 15 is 0 Å². The zero-order chi connectivity index (χ0) is 11.1. The average Bonchev–Trinajstić information content (AvgIpc) is 2.24. The van der Waals surface area contributed by atoms with Crippen LogP contribution in [0, 0.1) is 0 Å². The van der Waals surface area contributed by atoms with Gasteiger partial charge in [0.1, 0.15) is 0 Å². The molecule has 1 aliphatic rings. The number of nitrogens with one attached hydrogen (secondary N) is 1. The van der Waals surface area contributed by atoms with E-state index in [1.807, 2.05) is 0 Å². The zero-order valence-electron chi connectivity index (χ0n) is 10.5. The van der Waals surface area contributed by atoms with Gasteiger partial charge < -0.3 is 10.1 Å². The first-order valence-electron chi connectivity index (χ1n) is 6.34. The Kier molecular flexibility index (Phi) is 6.22. The molecular weight excluding hydrogens is 188 g/mol. The van der Waals surface area contributed by atoms with E-state index in [0.717, 1.165) is 32.8 Å². The molecule has 0 radical (unpaired) electrons. The van der Waals surface area contributed by atoms with Crippen molar-refractivity contribution in [2.75, 3.05) is 32.8 Å². The molecule has 1 rings (SSSR count). The van der Waals surface area contributed by atoms with Crippen molar-refractivity contribution in [3.8, 4) is 0 Å². The van der Waals surface area contributed by atoms with Crippen LogP contribution < -0.4 is 5.32 Å². The number of rotatable bonds is 6. The molecule has 0 amide bonds. The summed E-state index contributed by atoms with van der Waals surface area (Å²) < 4.78 is 5.57. The minimum absolute atomic E-state index is 0.402. The van der Waals surface area contributed by atoms with Crippen LogP contribution in [0.4, 0.5) is 0 Å². The highest BCUT2D eigenvalue weighted by Crippen LogP contribution is 2.10. The van der Waals surface area contributed by atoms with Crippen LogP contribution in [0.5, 0.6) is 0 Å². The lowest BCUT2D eigenvalue weighted by molar-refractivity contribution is -0.0342. The van der Waals surface area contributed by atoms with Gasteiger partial charge in [-0.1, -0.05) is 13.8 Å². The molecule has 90 valence electrons. The summed E-state index contributed by atoms with van der Waals surface area (Å²) in [6.45, 7) is 12.0. The Morgan fingerprint density at radius 3 is 2.87 bits per heavy atom. The molecule has 1 saturated heterocycles. The second kappa shape index (κ2) is 7.20. The third kappa shape index (κ3) is 4.49. The molecule has 15 heavy (non-hydrogen) atoms. The second-order valence-electron chi connectivity index (χ2n) is 4.44. The van der Waals surface area contributed by atoms with Gasteiger partial charge in [-0.2, -0.15) is 0 Å². The summed E-state index contributed by atoms with van der Waals surface area (Å²) in [6.07, 6.45) is 2.85. The molecule has 0 aromatic rings. The average molecular weight is 214 g/mol. The predicted octanol–water partition coefficient (Wildman–Crippen LogP) is 1.49. The van der Waals surface area contributed by atoms with Gasteiger partial charge in [-0.25, -0.2) is 0 Å². The highest BCUT2D eigenvalue weighted by Gasteiger charge is 2.22. The Balaban J connectivity index is 2.29. The van der Waals surface area contributed by atoms with Crippen molar-refractivity contribution in [3.63, 3.8) is 0 Å². The second-order valence-corrected chi connectivity index (χ2v) is 4.44. The lowest BCUT2D eigenvalue weighted by Gasteiger charge is -2.37. The third-order valence-corrected chi connectivity index (χ3v) is 3.07. The van der Waals surface area contributed by atoms with Crippen molar-refractivity contribution in [1.82, 2.24) is 10.2 Å². The van der Waals surface area contributed by atoms with E-state index in [9.17, 15) is 0 Å². The molecule has 1 heterocycles. The quantitative estimate of drug-likeness (QED) is 0.678. The van der Waals surface area contributed by atoms with E-state index in [2.05, 4.69) is 31.0 Å². The van der Waals surface area contributed by atoms with Gasteiger partial charge in [0.25, 0.3) is 0 Å². The largest absolute Gasteiger partial charge is 0.376 e. The van der Waals surface area contributed by atoms with Crippen LogP contribution in [0.1, 0.15) is 33.6 Å². The van der Waals surface area contributed by atoms with Gasteiger partial charge in [-0.15, -0.1) is 0 Å². The molecule has 1 N–H and O–H groups in total. The number of nitrogens with zero attached hydrogens (tertiary/aromatic N) is 1. The summed E-state index contributed by atoms with van der Waals surface area (Å²) in [4.78, 5) is 2.57. The van der Waals surface area contributed by atoms with Crippen LogP contribution in [0.15, 0.2) is 0 Å². The van der Waals surface area contributed by atoms with Gasteiger partial charge in [0.15, 0.2) is 0 Å². The fraction of sp³-hybridized carbons (Fsp3) is 1.00. The van der Waals surface area contributed by atoms with Crippen molar-refractivity contribution >= 4 is 0 Å². The zero-order valence-corrected chi connectivity index (χ0v) is 10.5. The van der Waals surface area contributed by atoms with E-state index in [1.165, 1.54) is 12.8 Å². The van der Waals surface area contributed by atoms with Crippen molar-refractivity contribution in [3.05, 3.63) is 0 Å². The van der Waals surface area contributed by atoms with Gasteiger partial charge in [0.2, 0.25) is 0 Å².